The quantitative estimate of drug-likeness (QED) is 0.839. The Morgan fingerprint density at radius 3 is 2.44 bits per heavy atom. The van der Waals surface area contributed by atoms with Crippen LogP contribution in [0.3, 0.4) is 0 Å². The number of amides is 1. The highest BCUT2D eigenvalue weighted by Gasteiger charge is 2.24. The van der Waals surface area contributed by atoms with E-state index in [1.807, 2.05) is 52.0 Å². The molecular formula is C18H24N4O3. The second-order valence-corrected chi connectivity index (χ2v) is 7.35. The standard InChI is InChI=1S/C18H24N4O3/c1-12-5-7-13(8-6-12)22-11-15(20-21-22)16(23)19-14(17(24)25)9-10-18(2,3)4/h5-8,11,14H,9-10H2,1-4H3,(H,19,23)(H,24,25). The first-order valence-electron chi connectivity index (χ1n) is 8.19. The van der Waals surface area contributed by atoms with Crippen molar-refractivity contribution in [2.24, 2.45) is 5.41 Å². The van der Waals surface area contributed by atoms with Gasteiger partial charge in [-0.25, -0.2) is 9.48 Å². The van der Waals surface area contributed by atoms with E-state index in [0.717, 1.165) is 11.3 Å². The van der Waals surface area contributed by atoms with E-state index in [1.54, 1.807) is 0 Å². The normalized spacial score (nSPS) is 12.6. The number of aromatic nitrogens is 3. The van der Waals surface area contributed by atoms with Crippen LogP contribution in [0.5, 0.6) is 0 Å². The lowest BCUT2D eigenvalue weighted by Crippen LogP contribution is -2.41. The van der Waals surface area contributed by atoms with Crippen LogP contribution in [0.15, 0.2) is 30.5 Å². The summed E-state index contributed by atoms with van der Waals surface area (Å²) in [7, 11) is 0. The van der Waals surface area contributed by atoms with Gasteiger partial charge in [-0.1, -0.05) is 43.7 Å². The molecule has 0 spiro atoms. The minimum atomic E-state index is -1.05. The Morgan fingerprint density at radius 2 is 1.88 bits per heavy atom. The summed E-state index contributed by atoms with van der Waals surface area (Å²) in [6.07, 6.45) is 2.53. The van der Waals surface area contributed by atoms with Gasteiger partial charge in [0.1, 0.15) is 6.04 Å². The molecule has 0 aliphatic rings. The number of carboxylic acids is 1. The zero-order valence-electron chi connectivity index (χ0n) is 15.0. The molecule has 1 amide bonds. The summed E-state index contributed by atoms with van der Waals surface area (Å²) >= 11 is 0. The van der Waals surface area contributed by atoms with Gasteiger partial charge in [0.05, 0.1) is 11.9 Å². The summed E-state index contributed by atoms with van der Waals surface area (Å²) in [5, 5.41) is 19.6. The van der Waals surface area contributed by atoms with E-state index >= 15 is 0 Å². The number of hydrogen-bond acceptors (Lipinski definition) is 4. The fraction of sp³-hybridized carbons (Fsp3) is 0.444. The van der Waals surface area contributed by atoms with Crippen LogP contribution in [0.4, 0.5) is 0 Å². The average molecular weight is 344 g/mol. The van der Waals surface area contributed by atoms with Crippen molar-refractivity contribution in [3.63, 3.8) is 0 Å². The number of aryl methyl sites for hydroxylation is 1. The Kier molecular flexibility index (Phi) is 5.56. The van der Waals surface area contributed by atoms with Crippen molar-refractivity contribution < 1.29 is 14.7 Å². The number of nitrogens with zero attached hydrogens (tertiary/aromatic N) is 3. The van der Waals surface area contributed by atoms with Crippen molar-refractivity contribution in [3.05, 3.63) is 41.7 Å². The number of aliphatic carboxylic acids is 1. The smallest absolute Gasteiger partial charge is 0.326 e. The van der Waals surface area contributed by atoms with Gasteiger partial charge in [0.15, 0.2) is 5.69 Å². The van der Waals surface area contributed by atoms with Gasteiger partial charge >= 0.3 is 5.97 Å². The van der Waals surface area contributed by atoms with E-state index in [0.29, 0.717) is 12.8 Å². The number of carbonyl (C=O) groups excluding carboxylic acids is 1. The molecule has 0 aliphatic heterocycles. The van der Waals surface area contributed by atoms with Crippen molar-refractivity contribution in [1.29, 1.82) is 0 Å². The molecule has 1 atom stereocenters. The predicted molar refractivity (Wildman–Crippen MR) is 93.7 cm³/mol. The lowest BCUT2D eigenvalue weighted by atomic mass is 9.88. The van der Waals surface area contributed by atoms with E-state index in [1.165, 1.54) is 10.9 Å². The van der Waals surface area contributed by atoms with Gasteiger partial charge in [-0.2, -0.15) is 0 Å². The first-order chi connectivity index (χ1) is 11.7. The number of benzene rings is 1. The summed E-state index contributed by atoms with van der Waals surface area (Å²) in [6.45, 7) is 8.07. The lowest BCUT2D eigenvalue weighted by Gasteiger charge is -2.21. The molecule has 1 unspecified atom stereocenters. The van der Waals surface area contributed by atoms with E-state index in [-0.39, 0.29) is 11.1 Å². The first kappa shape index (κ1) is 18.6. The number of hydrogen-bond donors (Lipinski definition) is 2. The summed E-state index contributed by atoms with van der Waals surface area (Å²) in [4.78, 5) is 23.7. The molecule has 25 heavy (non-hydrogen) atoms. The molecule has 134 valence electrons. The second kappa shape index (κ2) is 7.46. The van der Waals surface area contributed by atoms with E-state index in [2.05, 4.69) is 15.6 Å². The molecular weight excluding hydrogens is 320 g/mol. The van der Waals surface area contributed by atoms with Gasteiger partial charge in [0.25, 0.3) is 5.91 Å². The molecule has 0 radical (unpaired) electrons. The van der Waals surface area contributed by atoms with E-state index in [9.17, 15) is 14.7 Å². The van der Waals surface area contributed by atoms with Crippen molar-refractivity contribution in [3.8, 4) is 5.69 Å². The van der Waals surface area contributed by atoms with Crippen molar-refractivity contribution in [2.75, 3.05) is 0 Å². The zero-order chi connectivity index (χ0) is 18.6. The molecule has 1 aromatic heterocycles. The molecule has 7 nitrogen and oxygen atoms in total. The maximum Gasteiger partial charge on any atom is 0.326 e. The summed E-state index contributed by atoms with van der Waals surface area (Å²) in [5.74, 6) is -1.59. The van der Waals surface area contributed by atoms with Crippen LogP contribution in [-0.4, -0.2) is 38.0 Å². The lowest BCUT2D eigenvalue weighted by molar-refractivity contribution is -0.139. The van der Waals surface area contributed by atoms with Crippen molar-refractivity contribution in [2.45, 2.75) is 46.6 Å². The van der Waals surface area contributed by atoms with E-state index in [4.69, 9.17) is 0 Å². The van der Waals surface area contributed by atoms with Crippen molar-refractivity contribution in [1.82, 2.24) is 20.3 Å². The Labute approximate surface area is 147 Å². The summed E-state index contributed by atoms with van der Waals surface area (Å²) < 4.78 is 1.49. The number of rotatable bonds is 6. The molecule has 2 N–H and O–H groups in total. The molecule has 2 rings (SSSR count). The van der Waals surface area contributed by atoms with Crippen LogP contribution in [-0.2, 0) is 4.79 Å². The fourth-order valence-electron chi connectivity index (χ4n) is 2.26. The molecule has 0 fully saturated rings. The Hall–Kier alpha value is -2.70. The van der Waals surface area contributed by atoms with Crippen LogP contribution < -0.4 is 5.32 Å². The Bertz CT molecular complexity index is 744. The molecule has 0 bridgehead atoms. The maximum absolute atomic E-state index is 12.3. The second-order valence-electron chi connectivity index (χ2n) is 7.35. The minimum absolute atomic E-state index is 0.00694. The van der Waals surface area contributed by atoms with Crippen LogP contribution in [0.1, 0.15) is 49.7 Å². The Morgan fingerprint density at radius 1 is 1.24 bits per heavy atom. The third kappa shape index (κ3) is 5.41. The van der Waals surface area contributed by atoms with Crippen LogP contribution >= 0.6 is 0 Å². The summed E-state index contributed by atoms with van der Waals surface area (Å²) in [5.41, 5.74) is 1.97. The maximum atomic E-state index is 12.3. The van der Waals surface area contributed by atoms with E-state index < -0.39 is 17.9 Å². The highest BCUT2D eigenvalue weighted by Crippen LogP contribution is 2.21. The predicted octanol–water partition coefficient (Wildman–Crippen LogP) is 2.59. The molecule has 7 heteroatoms. The topological polar surface area (TPSA) is 97.1 Å². The molecule has 1 heterocycles. The van der Waals surface area contributed by atoms with Gasteiger partial charge in [0.2, 0.25) is 0 Å². The summed E-state index contributed by atoms with van der Waals surface area (Å²) in [6, 6.07) is 6.66. The molecule has 0 saturated carbocycles. The van der Waals surface area contributed by atoms with Crippen LogP contribution in [0, 0.1) is 12.3 Å². The Balaban J connectivity index is 2.06. The highest BCUT2D eigenvalue weighted by atomic mass is 16.4. The monoisotopic (exact) mass is 344 g/mol. The highest BCUT2D eigenvalue weighted by molar-refractivity contribution is 5.94. The van der Waals surface area contributed by atoms with Gasteiger partial charge in [-0.15, -0.1) is 5.10 Å². The van der Waals surface area contributed by atoms with Crippen molar-refractivity contribution >= 4 is 11.9 Å². The molecule has 2 aromatic rings. The van der Waals surface area contributed by atoms with Gasteiger partial charge < -0.3 is 10.4 Å². The average Bonchev–Trinajstić information content (AvgIpc) is 3.00. The zero-order valence-corrected chi connectivity index (χ0v) is 15.0. The van der Waals surface area contributed by atoms with Gasteiger partial charge in [0, 0.05) is 0 Å². The van der Waals surface area contributed by atoms with Crippen LogP contribution in [0.25, 0.3) is 5.69 Å². The number of carboxylic acid groups (broad SMARTS) is 1. The third-order valence-electron chi connectivity index (χ3n) is 3.81. The number of nitrogens with one attached hydrogen (secondary N) is 1. The first-order valence-corrected chi connectivity index (χ1v) is 8.19. The van der Waals surface area contributed by atoms with Gasteiger partial charge in [-0.05, 0) is 37.3 Å². The number of carbonyl (C=O) groups is 2. The minimum Gasteiger partial charge on any atom is -0.480 e. The van der Waals surface area contributed by atoms with Crippen LogP contribution in [0.2, 0.25) is 0 Å². The largest absolute Gasteiger partial charge is 0.480 e. The molecule has 0 saturated heterocycles. The third-order valence-corrected chi connectivity index (χ3v) is 3.81. The SMILES string of the molecule is Cc1ccc(-n2cc(C(=O)NC(CCC(C)(C)C)C(=O)O)nn2)cc1. The van der Waals surface area contributed by atoms with Gasteiger partial charge in [-0.3, -0.25) is 4.79 Å². The molecule has 1 aromatic carbocycles. The molecule has 0 aliphatic carbocycles. The fourth-order valence-corrected chi connectivity index (χ4v) is 2.26.